The normalized spacial score (nSPS) is 26.1. The molecular weight excluding hydrogens is 1570 g/mol. The Balaban J connectivity index is 1.18. The van der Waals surface area contributed by atoms with E-state index in [1.165, 1.54) is 87.4 Å². The van der Waals surface area contributed by atoms with Crippen LogP contribution in [0.2, 0.25) is 0 Å². The van der Waals surface area contributed by atoms with Crippen LogP contribution in [-0.4, -0.2) is 192 Å². The Bertz CT molecular complexity index is 4920. The van der Waals surface area contributed by atoms with Crippen LogP contribution in [0.3, 0.4) is 0 Å². The van der Waals surface area contributed by atoms with Crippen molar-refractivity contribution in [1.29, 1.82) is 0 Å². The van der Waals surface area contributed by atoms with Crippen LogP contribution in [0.4, 0.5) is 0 Å². The molecule has 0 saturated carbocycles. The number of hydrogen-bond acceptors (Lipinski definition) is 31. The molecule has 11 amide bonds. The molecule has 18 N–H and O–H groups in total. The van der Waals surface area contributed by atoms with Crippen molar-refractivity contribution in [3.05, 3.63) is 160 Å². The van der Waals surface area contributed by atoms with Gasteiger partial charge in [-0.05, 0) is 78.9 Å². The number of nitrogens with zero attached hydrogens (tertiary/aromatic N) is 7. The van der Waals surface area contributed by atoms with E-state index in [1.54, 1.807) is 20.8 Å². The number of primary amides is 1. The van der Waals surface area contributed by atoms with Crippen LogP contribution in [0.15, 0.2) is 105 Å². The molecule has 9 heterocycles. The predicted molar refractivity (Wildman–Crippen MR) is 413 cm³/mol. The molecule has 0 radical (unpaired) electrons. The van der Waals surface area contributed by atoms with Gasteiger partial charge in [-0.3, -0.25) is 68.0 Å². The van der Waals surface area contributed by atoms with E-state index < -0.39 is 201 Å². The highest BCUT2D eigenvalue weighted by Gasteiger charge is 2.51. The highest BCUT2D eigenvalue weighted by atomic mass is 32.2. The molecule has 113 heavy (non-hydrogen) atoms. The summed E-state index contributed by atoms with van der Waals surface area (Å²) in [6.07, 6.45) is -3.71. The summed E-state index contributed by atoms with van der Waals surface area (Å²) in [6.45, 7) is 26.9. The van der Waals surface area contributed by atoms with Gasteiger partial charge in [0.15, 0.2) is 0 Å². The summed E-state index contributed by atoms with van der Waals surface area (Å²) in [5, 5.41) is 91.5. The number of aromatic nitrogens is 5. The minimum Gasteiger partial charge on any atom is -0.455 e. The quantitative estimate of drug-likeness (QED) is 0.0633. The fourth-order valence-corrected chi connectivity index (χ4v) is 16.9. The van der Waals surface area contributed by atoms with Crippen molar-refractivity contribution >= 4 is 145 Å². The molecule has 4 aliphatic heterocycles. The number of nitrogens with one attached hydrogen (secondary N) is 11. The van der Waals surface area contributed by atoms with Gasteiger partial charge in [-0.25, -0.2) is 29.7 Å². The fraction of sp³-hybridized carbons (Fsp3) is 0.394. The van der Waals surface area contributed by atoms with Crippen LogP contribution < -0.4 is 64.2 Å². The zero-order valence-electron chi connectivity index (χ0n) is 61.9. The molecular formula is C71H81N19O18S5. The third-order valence-corrected chi connectivity index (χ3v) is 23.6. The lowest BCUT2D eigenvalue weighted by molar-refractivity contribution is -0.129. The van der Waals surface area contributed by atoms with Gasteiger partial charge < -0.3 is 89.2 Å². The molecule has 37 nitrogen and oxygen atoms in total. The summed E-state index contributed by atoms with van der Waals surface area (Å²) in [5.74, 6) is -12.7. The Morgan fingerprint density at radius 1 is 0.743 bits per heavy atom. The van der Waals surface area contributed by atoms with Crippen molar-refractivity contribution < 1.29 is 87.8 Å². The van der Waals surface area contributed by atoms with Gasteiger partial charge in [0.2, 0.25) is 23.6 Å². The molecule has 10 rings (SSSR count). The number of hydrogen-bond donors (Lipinski definition) is 17. The number of aliphatic hydroxyl groups is 5. The second-order valence-electron chi connectivity index (χ2n) is 27.4. The van der Waals surface area contributed by atoms with Gasteiger partial charge in [0, 0.05) is 32.8 Å². The van der Waals surface area contributed by atoms with Crippen LogP contribution in [-0.2, 0) is 48.6 Å². The Morgan fingerprint density at radius 2 is 1.42 bits per heavy atom. The summed E-state index contributed by atoms with van der Waals surface area (Å²) in [5.41, 5.74) is -2.56. The average molecular weight is 1650 g/mol. The molecule has 0 fully saturated rings. The van der Waals surface area contributed by atoms with E-state index in [4.69, 9.17) is 25.4 Å². The molecule has 0 spiro atoms. The summed E-state index contributed by atoms with van der Waals surface area (Å²) in [6, 6.07) is -10.4. The number of esters is 1. The summed E-state index contributed by atoms with van der Waals surface area (Å²) < 4.78 is 6.24. The number of nitrogens with two attached hydrogens (primary N) is 1. The van der Waals surface area contributed by atoms with Gasteiger partial charge in [-0.1, -0.05) is 58.4 Å². The van der Waals surface area contributed by atoms with E-state index in [2.05, 4.69) is 105 Å². The van der Waals surface area contributed by atoms with E-state index in [-0.39, 0.29) is 89.0 Å². The van der Waals surface area contributed by atoms with Gasteiger partial charge in [-0.2, -0.15) is 0 Å². The monoisotopic (exact) mass is 1650 g/mol. The summed E-state index contributed by atoms with van der Waals surface area (Å²) >= 11 is 4.39. The molecule has 15 atom stereocenters. The maximum Gasteiger partial charge on any atom is 0.357 e. The Morgan fingerprint density at radius 3 is 2.09 bits per heavy atom. The number of allylic oxidation sites excluding steroid dienone is 1. The lowest BCUT2D eigenvalue weighted by Gasteiger charge is -2.41. The van der Waals surface area contributed by atoms with Crippen molar-refractivity contribution in [3.63, 3.8) is 0 Å². The van der Waals surface area contributed by atoms with Crippen LogP contribution in [0.5, 0.6) is 0 Å². The number of thioether (sulfide) groups is 1. The highest BCUT2D eigenvalue weighted by Crippen LogP contribution is 2.48. The smallest absolute Gasteiger partial charge is 0.357 e. The van der Waals surface area contributed by atoms with E-state index in [0.29, 0.717) is 0 Å². The zero-order valence-corrected chi connectivity index (χ0v) is 66.0. The highest BCUT2D eigenvalue weighted by molar-refractivity contribution is 8.14. The number of carbonyl (C=O) groups is 12. The van der Waals surface area contributed by atoms with Crippen molar-refractivity contribution in [2.45, 2.75) is 165 Å². The van der Waals surface area contributed by atoms with E-state index in [9.17, 15) is 68.7 Å². The Kier molecular flexibility index (Phi) is 26.0. The van der Waals surface area contributed by atoms with Crippen LogP contribution in [0.1, 0.15) is 190 Å². The summed E-state index contributed by atoms with van der Waals surface area (Å²) in [4.78, 5) is 203. The second-order valence-corrected chi connectivity index (χ2v) is 31.9. The summed E-state index contributed by atoms with van der Waals surface area (Å²) in [7, 11) is 0. The molecule has 0 unspecified atom stereocenters. The van der Waals surface area contributed by atoms with Gasteiger partial charge in [0.1, 0.15) is 107 Å². The first-order chi connectivity index (χ1) is 53.2. The van der Waals surface area contributed by atoms with Gasteiger partial charge >= 0.3 is 5.97 Å². The standard InChI is InChI=1S/C71H81N19O18S5/c1-14-37-64-83-44(22-109-64)61(103)89-52(70(13,107)34(12)93)67-85-43(23-112-67)59(101)88-48-33(11)108-68(106)40-19-36(31(9)91)35-15-16-38(50(94)49(35)79-40)78-46(25(2)3)62(104)77-29(7)56(98)74-27(5)55(97)75-30(8)57(99)90-71(69-86-45(24-113-69)60(102)87-47(32(10)92)63(105)81-37)18-17-39(80-51(71)41-20-111-66(48)82-41)65-84-42(21-110-65)58(100)76-28(6)54(96)73-26(4)53(72)95/h14-16,19-21,23-25,30-34,38,44,46-48,50-52,78,91-94,107H,4-7,17-18,22H2,1-3,8-13H3,(H2,72,95)(H,73,96)(H,74,98)(H,75,97)(H,76,100)(H,77,104)(H,81,105)(H,87,102)(H,88,101)(H,89,103)(H,90,99)/b37-14-/t30-,31-,32-,33-,34-,38-,44+,46-,47+,48+,50+,51+,52+,70+,71-/m1/s1. The molecule has 0 saturated heterocycles. The first-order valence-corrected chi connectivity index (χ1v) is 39.3. The third-order valence-electron chi connectivity index (χ3n) is 18.7. The molecule has 598 valence electrons. The number of aliphatic imine (C=N–C) groups is 2. The first kappa shape index (κ1) is 84.6. The van der Waals surface area contributed by atoms with Crippen molar-refractivity contribution in [1.82, 2.24) is 83.4 Å². The zero-order chi connectivity index (χ0) is 82.7. The topological polar surface area (TPSA) is 563 Å². The molecule has 1 aliphatic carbocycles. The largest absolute Gasteiger partial charge is 0.455 e. The number of pyridine rings is 1. The van der Waals surface area contributed by atoms with Crippen molar-refractivity contribution in [2.24, 2.45) is 21.6 Å². The van der Waals surface area contributed by atoms with Gasteiger partial charge in [0.05, 0.1) is 76.0 Å². The van der Waals surface area contributed by atoms with Gasteiger partial charge in [0.25, 0.3) is 41.4 Å². The molecule has 0 aromatic carbocycles. The number of rotatable bonds is 11. The lowest BCUT2D eigenvalue weighted by atomic mass is 9.80. The SMILES string of the molecule is C=C(NC(=O)C(=C)NC(=O)c1csc(C2=N[C@H]3c4csc(n4)[C@H]4NC(=O)c5csc(n5)[C@@H]([C@@](C)(O)[C@@H](C)O)NC(=O)[C@@H]5CSC(=N5)/C(=C/C)NC(=O)[C@H]([C@@H](C)O)NC(=O)c5csc(n5)[C@]3(CC2)NC(=O)[C@@H](C)NC(=O)C(=C)NC(=O)C(=C)NC(=O)[C@@H](C(C)C)N[C@@H]2C=Cc3c([C@@H](C)O)cc(nc3[C@H]2O)C(=O)O[C@@H]4C)n1)C(N)=O. The van der Waals surface area contributed by atoms with Crippen molar-refractivity contribution in [2.75, 3.05) is 5.75 Å². The minimum atomic E-state index is -2.21. The number of amides is 11. The molecule has 42 heteroatoms. The van der Waals surface area contributed by atoms with Crippen LogP contribution >= 0.6 is 57.1 Å². The van der Waals surface area contributed by atoms with E-state index in [1.807, 2.05) is 0 Å². The predicted octanol–water partition coefficient (Wildman–Crippen LogP) is 0.509. The van der Waals surface area contributed by atoms with E-state index in [0.717, 1.165) is 57.1 Å². The minimum absolute atomic E-state index is 0.0184. The van der Waals surface area contributed by atoms with Crippen molar-refractivity contribution in [3.8, 4) is 0 Å². The van der Waals surface area contributed by atoms with E-state index >= 15 is 14.4 Å². The molecule has 5 aliphatic rings. The fourth-order valence-electron chi connectivity index (χ4n) is 12.0. The molecule has 13 bridgehead atoms. The second kappa shape index (κ2) is 34.7. The number of thiazole rings is 4. The maximum atomic E-state index is 15.4. The van der Waals surface area contributed by atoms with Gasteiger partial charge in [-0.15, -0.1) is 57.1 Å². The first-order valence-electron chi connectivity index (χ1n) is 34.8. The average Bonchev–Trinajstić information content (AvgIpc) is 1.66. The molecule has 5 aromatic rings. The lowest BCUT2D eigenvalue weighted by Crippen LogP contribution is -2.57. The Hall–Kier alpha value is -10.8. The number of cyclic esters (lactones) is 1. The maximum absolute atomic E-state index is 15.4. The van der Waals surface area contributed by atoms with Crippen LogP contribution in [0.25, 0.3) is 6.08 Å². The molecule has 5 aromatic heterocycles. The number of carbonyl (C=O) groups excluding carboxylic acids is 12. The number of ether oxygens (including phenoxy) is 1. The number of fused-ring (bicyclic) bond motifs is 7. The van der Waals surface area contributed by atoms with Crippen LogP contribution in [0, 0.1) is 5.92 Å². The number of aliphatic hydroxyl groups excluding tert-OH is 4. The third kappa shape index (κ3) is 18.5. The Labute approximate surface area is 664 Å².